The monoisotopic (exact) mass is 494 g/mol. The Morgan fingerprint density at radius 2 is 0.784 bits per heavy atom. The van der Waals surface area contributed by atoms with E-state index < -0.39 is 0 Å². The van der Waals surface area contributed by atoms with Crippen LogP contribution in [0.2, 0.25) is 5.02 Å². The molecule has 3 heteroatoms. The van der Waals surface area contributed by atoms with Crippen LogP contribution in [0, 0.1) is 0 Å². The van der Waals surface area contributed by atoms with Gasteiger partial charge in [0.1, 0.15) is 0 Å². The third-order valence-electron chi connectivity index (χ3n) is 6.38. The van der Waals surface area contributed by atoms with Crippen molar-refractivity contribution in [1.82, 2.24) is 9.97 Å². The zero-order chi connectivity index (χ0) is 25.0. The van der Waals surface area contributed by atoms with Gasteiger partial charge in [0.15, 0.2) is 5.82 Å². The molecule has 2 nitrogen and oxygen atoms in total. The summed E-state index contributed by atoms with van der Waals surface area (Å²) >= 11 is 6.20. The van der Waals surface area contributed by atoms with Gasteiger partial charge in [-0.3, -0.25) is 0 Å². The Morgan fingerprint density at radius 3 is 1.38 bits per heavy atom. The van der Waals surface area contributed by atoms with Crippen molar-refractivity contribution in [3.05, 3.63) is 145 Å². The molecule has 176 valence electrons. The van der Waals surface area contributed by atoms with Gasteiger partial charge in [0, 0.05) is 21.7 Å². The van der Waals surface area contributed by atoms with E-state index in [1.165, 1.54) is 11.1 Å². The molecule has 0 radical (unpaired) electrons. The summed E-state index contributed by atoms with van der Waals surface area (Å²) in [4.78, 5) is 9.93. The Morgan fingerprint density at radius 1 is 0.351 bits per heavy atom. The van der Waals surface area contributed by atoms with Crippen molar-refractivity contribution in [1.29, 1.82) is 0 Å². The maximum atomic E-state index is 6.20. The molecule has 0 amide bonds. The van der Waals surface area contributed by atoms with Crippen LogP contribution in [0.5, 0.6) is 0 Å². The van der Waals surface area contributed by atoms with E-state index in [2.05, 4.69) is 97.1 Å². The first-order valence-electron chi connectivity index (χ1n) is 12.2. The lowest BCUT2D eigenvalue weighted by Crippen LogP contribution is -1.96. The first-order valence-corrected chi connectivity index (χ1v) is 12.6. The lowest BCUT2D eigenvalue weighted by molar-refractivity contribution is 1.18. The Hall–Kier alpha value is -4.53. The fourth-order valence-electron chi connectivity index (χ4n) is 4.42. The fourth-order valence-corrected chi connectivity index (χ4v) is 4.62. The summed E-state index contributed by atoms with van der Waals surface area (Å²) in [6.45, 7) is 0. The molecular formula is C34H23ClN2. The van der Waals surface area contributed by atoms with Gasteiger partial charge in [0.2, 0.25) is 0 Å². The van der Waals surface area contributed by atoms with Gasteiger partial charge in [-0.2, -0.15) is 0 Å². The number of hydrogen-bond acceptors (Lipinski definition) is 2. The van der Waals surface area contributed by atoms with E-state index in [1.54, 1.807) is 0 Å². The molecule has 0 fully saturated rings. The summed E-state index contributed by atoms with van der Waals surface area (Å²) in [7, 11) is 0. The minimum atomic E-state index is 0.695. The molecule has 0 N–H and O–H groups in total. The van der Waals surface area contributed by atoms with Crippen molar-refractivity contribution in [2.24, 2.45) is 0 Å². The third kappa shape index (κ3) is 5.06. The molecule has 0 spiro atoms. The fraction of sp³-hybridized carbons (Fsp3) is 0. The van der Waals surface area contributed by atoms with Gasteiger partial charge in [-0.05, 0) is 40.5 Å². The zero-order valence-corrected chi connectivity index (χ0v) is 20.8. The highest BCUT2D eigenvalue weighted by Crippen LogP contribution is 2.30. The standard InChI is InChI=1S/C34H23ClN2/c35-31-13-7-12-30(22-31)26-16-20-29(21-17-26)34-36-32(27-10-5-2-6-11-27)23-33(37-34)28-18-14-25(15-19-28)24-8-3-1-4-9-24/h1-23H. The van der Waals surface area contributed by atoms with E-state index in [0.717, 1.165) is 44.2 Å². The summed E-state index contributed by atoms with van der Waals surface area (Å²) in [5, 5.41) is 0.725. The highest BCUT2D eigenvalue weighted by atomic mass is 35.5. The maximum Gasteiger partial charge on any atom is 0.160 e. The molecule has 5 aromatic carbocycles. The first kappa shape index (κ1) is 22.9. The Kier molecular flexibility index (Phi) is 6.33. The van der Waals surface area contributed by atoms with Crippen LogP contribution in [0.4, 0.5) is 0 Å². The summed E-state index contributed by atoms with van der Waals surface area (Å²) < 4.78 is 0. The average molecular weight is 495 g/mol. The molecule has 1 heterocycles. The second-order valence-electron chi connectivity index (χ2n) is 8.86. The number of hydrogen-bond donors (Lipinski definition) is 0. The number of benzene rings is 5. The summed E-state index contributed by atoms with van der Waals surface area (Å²) in [5.74, 6) is 0.695. The van der Waals surface area contributed by atoms with Crippen molar-refractivity contribution in [3.63, 3.8) is 0 Å². The van der Waals surface area contributed by atoms with E-state index in [9.17, 15) is 0 Å². The van der Waals surface area contributed by atoms with Crippen LogP contribution in [-0.2, 0) is 0 Å². The number of nitrogens with zero attached hydrogens (tertiary/aromatic N) is 2. The molecule has 0 aliphatic carbocycles. The van der Waals surface area contributed by atoms with Crippen LogP contribution in [0.15, 0.2) is 140 Å². The van der Waals surface area contributed by atoms with Crippen LogP contribution in [-0.4, -0.2) is 9.97 Å². The van der Waals surface area contributed by atoms with E-state index in [1.807, 2.05) is 42.5 Å². The van der Waals surface area contributed by atoms with Crippen molar-refractivity contribution in [2.45, 2.75) is 0 Å². The van der Waals surface area contributed by atoms with Gasteiger partial charge in [0.05, 0.1) is 11.4 Å². The molecule has 6 aromatic rings. The predicted octanol–water partition coefficient (Wildman–Crippen LogP) is 9.46. The number of rotatable bonds is 5. The van der Waals surface area contributed by atoms with Crippen LogP contribution in [0.1, 0.15) is 0 Å². The third-order valence-corrected chi connectivity index (χ3v) is 6.62. The molecule has 0 aliphatic rings. The Balaban J connectivity index is 1.41. The van der Waals surface area contributed by atoms with Crippen molar-refractivity contribution >= 4 is 11.6 Å². The molecule has 0 saturated carbocycles. The van der Waals surface area contributed by atoms with E-state index >= 15 is 0 Å². The molecule has 1 aromatic heterocycles. The van der Waals surface area contributed by atoms with Gasteiger partial charge in [0.25, 0.3) is 0 Å². The second kappa shape index (κ2) is 10.2. The van der Waals surface area contributed by atoms with Crippen molar-refractivity contribution in [3.8, 4) is 56.2 Å². The average Bonchev–Trinajstić information content (AvgIpc) is 2.98. The summed E-state index contributed by atoms with van der Waals surface area (Å²) in [6, 6.07) is 47.5. The Labute approximate surface area is 221 Å². The highest BCUT2D eigenvalue weighted by Gasteiger charge is 2.11. The maximum absolute atomic E-state index is 6.20. The first-order chi connectivity index (χ1) is 18.2. The van der Waals surface area contributed by atoms with Crippen LogP contribution in [0.3, 0.4) is 0 Å². The molecule has 6 rings (SSSR count). The smallest absolute Gasteiger partial charge is 0.160 e. The SMILES string of the molecule is Clc1cccc(-c2ccc(-c3nc(-c4ccccc4)cc(-c4ccc(-c5ccccc5)cc4)n3)cc2)c1. The number of halogens is 1. The van der Waals surface area contributed by atoms with Gasteiger partial charge >= 0.3 is 0 Å². The van der Waals surface area contributed by atoms with Gasteiger partial charge in [-0.1, -0.05) is 133 Å². The topological polar surface area (TPSA) is 25.8 Å². The van der Waals surface area contributed by atoms with Crippen LogP contribution in [0.25, 0.3) is 56.2 Å². The minimum Gasteiger partial charge on any atom is -0.228 e. The van der Waals surface area contributed by atoms with E-state index in [0.29, 0.717) is 5.82 Å². The van der Waals surface area contributed by atoms with Crippen molar-refractivity contribution in [2.75, 3.05) is 0 Å². The highest BCUT2D eigenvalue weighted by molar-refractivity contribution is 6.30. The van der Waals surface area contributed by atoms with Crippen LogP contribution >= 0.6 is 11.6 Å². The molecule has 0 saturated heterocycles. The normalized spacial score (nSPS) is 10.8. The van der Waals surface area contributed by atoms with Gasteiger partial charge in [-0.15, -0.1) is 0 Å². The molecule has 0 aliphatic heterocycles. The minimum absolute atomic E-state index is 0.695. The summed E-state index contributed by atoms with van der Waals surface area (Å²) in [6.07, 6.45) is 0. The molecule has 0 unspecified atom stereocenters. The van der Waals surface area contributed by atoms with E-state index in [-0.39, 0.29) is 0 Å². The predicted molar refractivity (Wildman–Crippen MR) is 154 cm³/mol. The van der Waals surface area contributed by atoms with Gasteiger partial charge in [-0.25, -0.2) is 9.97 Å². The lowest BCUT2D eigenvalue weighted by Gasteiger charge is -2.11. The lowest BCUT2D eigenvalue weighted by atomic mass is 10.0. The Bertz CT molecular complexity index is 1640. The molecule has 0 bridgehead atoms. The van der Waals surface area contributed by atoms with Crippen molar-refractivity contribution < 1.29 is 0 Å². The quantitative estimate of drug-likeness (QED) is 0.238. The van der Waals surface area contributed by atoms with E-state index in [4.69, 9.17) is 21.6 Å². The number of aromatic nitrogens is 2. The second-order valence-corrected chi connectivity index (χ2v) is 9.30. The molecule has 37 heavy (non-hydrogen) atoms. The zero-order valence-electron chi connectivity index (χ0n) is 20.1. The summed E-state index contributed by atoms with van der Waals surface area (Å²) in [5.41, 5.74) is 9.42. The van der Waals surface area contributed by atoms with Crippen LogP contribution < -0.4 is 0 Å². The molecular weight excluding hydrogens is 472 g/mol. The van der Waals surface area contributed by atoms with Gasteiger partial charge < -0.3 is 0 Å². The largest absolute Gasteiger partial charge is 0.228 e. The molecule has 0 atom stereocenters.